The highest BCUT2D eigenvalue weighted by atomic mass is 15.1. The van der Waals surface area contributed by atoms with Crippen LogP contribution >= 0.6 is 0 Å². The van der Waals surface area contributed by atoms with Crippen molar-refractivity contribution in [2.75, 3.05) is 19.3 Å². The molecule has 1 aromatic rings. The minimum Gasteiger partial charge on any atom is -0.399 e. The Morgan fingerprint density at radius 1 is 1.31 bits per heavy atom. The number of anilines is 1. The van der Waals surface area contributed by atoms with Crippen molar-refractivity contribution in [3.8, 4) is 0 Å². The minimum absolute atomic E-state index is 0.820. The van der Waals surface area contributed by atoms with E-state index in [1.807, 2.05) is 12.1 Å². The molecule has 0 aromatic heterocycles. The van der Waals surface area contributed by atoms with Crippen LogP contribution < -0.4 is 5.73 Å². The number of hydrogen-bond acceptors (Lipinski definition) is 2. The van der Waals surface area contributed by atoms with Gasteiger partial charge in [-0.1, -0.05) is 25.0 Å². The Hall–Kier alpha value is -1.02. The number of nitrogens with two attached hydrogens (primary N) is 1. The molecule has 0 spiro atoms. The van der Waals surface area contributed by atoms with Gasteiger partial charge in [0, 0.05) is 18.3 Å². The molecule has 2 rings (SSSR count). The molecular formula is C14H22N2. The lowest BCUT2D eigenvalue weighted by Crippen LogP contribution is -2.30. The van der Waals surface area contributed by atoms with Gasteiger partial charge in [-0.25, -0.2) is 0 Å². The van der Waals surface area contributed by atoms with Crippen LogP contribution in [0.5, 0.6) is 0 Å². The zero-order chi connectivity index (χ0) is 11.4. The second kappa shape index (κ2) is 5.35. The summed E-state index contributed by atoms with van der Waals surface area (Å²) in [7, 11) is 2.25. The summed E-state index contributed by atoms with van der Waals surface area (Å²) in [5, 5.41) is 0. The first-order valence-corrected chi connectivity index (χ1v) is 6.30. The Kier molecular flexibility index (Phi) is 3.83. The predicted octanol–water partition coefficient (Wildman–Crippen LogP) is 2.69. The Morgan fingerprint density at radius 3 is 2.75 bits per heavy atom. The minimum atomic E-state index is 0.820. The molecule has 0 saturated heterocycles. The maximum absolute atomic E-state index is 5.77. The summed E-state index contributed by atoms with van der Waals surface area (Å²) in [5.74, 6) is 0. The Labute approximate surface area is 98.4 Å². The molecule has 16 heavy (non-hydrogen) atoms. The molecule has 0 atom stereocenters. The van der Waals surface area contributed by atoms with E-state index >= 15 is 0 Å². The van der Waals surface area contributed by atoms with Crippen molar-refractivity contribution in [2.24, 2.45) is 0 Å². The van der Waals surface area contributed by atoms with Crippen LogP contribution in [0.25, 0.3) is 0 Å². The number of nitrogens with zero attached hydrogens (tertiary/aromatic N) is 1. The summed E-state index contributed by atoms with van der Waals surface area (Å²) in [4.78, 5) is 2.51. The molecular weight excluding hydrogens is 196 g/mol. The van der Waals surface area contributed by atoms with Crippen LogP contribution in [0.2, 0.25) is 0 Å². The van der Waals surface area contributed by atoms with Gasteiger partial charge in [0.1, 0.15) is 0 Å². The van der Waals surface area contributed by atoms with E-state index in [1.54, 1.807) is 0 Å². The normalized spacial score (nSPS) is 17.1. The van der Waals surface area contributed by atoms with Crippen molar-refractivity contribution in [2.45, 2.75) is 38.1 Å². The van der Waals surface area contributed by atoms with Gasteiger partial charge in [-0.3, -0.25) is 0 Å². The van der Waals surface area contributed by atoms with Gasteiger partial charge in [-0.15, -0.1) is 0 Å². The third kappa shape index (κ3) is 2.99. The SMILES string of the molecule is CN(CCc1cccc(N)c1)C1CCCC1. The van der Waals surface area contributed by atoms with E-state index < -0.39 is 0 Å². The number of rotatable bonds is 4. The molecule has 2 heteroatoms. The fourth-order valence-corrected chi connectivity index (χ4v) is 2.58. The summed E-state index contributed by atoms with van der Waals surface area (Å²) in [5.41, 5.74) is 8.00. The maximum Gasteiger partial charge on any atom is 0.0316 e. The van der Waals surface area contributed by atoms with Crippen molar-refractivity contribution in [3.63, 3.8) is 0 Å². The third-order valence-corrected chi connectivity index (χ3v) is 3.65. The maximum atomic E-state index is 5.77. The van der Waals surface area contributed by atoms with Gasteiger partial charge in [0.15, 0.2) is 0 Å². The highest BCUT2D eigenvalue weighted by Gasteiger charge is 2.18. The molecule has 0 unspecified atom stereocenters. The van der Waals surface area contributed by atoms with E-state index in [9.17, 15) is 0 Å². The first-order valence-electron chi connectivity index (χ1n) is 6.30. The van der Waals surface area contributed by atoms with Crippen LogP contribution in [0.15, 0.2) is 24.3 Å². The molecule has 0 bridgehead atoms. The van der Waals surface area contributed by atoms with Crippen molar-refractivity contribution in [3.05, 3.63) is 29.8 Å². The van der Waals surface area contributed by atoms with E-state index in [1.165, 1.54) is 31.2 Å². The lowest BCUT2D eigenvalue weighted by atomic mass is 10.1. The summed E-state index contributed by atoms with van der Waals surface area (Å²) < 4.78 is 0. The quantitative estimate of drug-likeness (QED) is 0.787. The average molecular weight is 218 g/mol. The summed E-state index contributed by atoms with van der Waals surface area (Å²) >= 11 is 0. The van der Waals surface area contributed by atoms with Crippen LogP contribution in [0.3, 0.4) is 0 Å². The lowest BCUT2D eigenvalue weighted by molar-refractivity contribution is 0.248. The fraction of sp³-hybridized carbons (Fsp3) is 0.571. The topological polar surface area (TPSA) is 29.3 Å². The molecule has 1 fully saturated rings. The largest absolute Gasteiger partial charge is 0.399 e. The second-order valence-corrected chi connectivity index (χ2v) is 4.91. The number of nitrogen functional groups attached to an aromatic ring is 1. The van der Waals surface area contributed by atoms with Gasteiger partial charge < -0.3 is 10.6 Å². The van der Waals surface area contributed by atoms with Crippen molar-refractivity contribution in [1.29, 1.82) is 0 Å². The summed E-state index contributed by atoms with van der Waals surface area (Å²) in [6.45, 7) is 1.15. The van der Waals surface area contributed by atoms with E-state index in [4.69, 9.17) is 5.73 Å². The van der Waals surface area contributed by atoms with Crippen LogP contribution in [0.1, 0.15) is 31.2 Å². The van der Waals surface area contributed by atoms with Gasteiger partial charge >= 0.3 is 0 Å². The van der Waals surface area contributed by atoms with Gasteiger partial charge in [-0.2, -0.15) is 0 Å². The van der Waals surface area contributed by atoms with E-state index in [0.717, 1.165) is 24.7 Å². The number of benzene rings is 1. The summed E-state index contributed by atoms with van der Waals surface area (Å²) in [6, 6.07) is 9.06. The molecule has 2 nitrogen and oxygen atoms in total. The molecule has 1 aliphatic carbocycles. The summed E-state index contributed by atoms with van der Waals surface area (Å²) in [6.07, 6.45) is 6.69. The second-order valence-electron chi connectivity index (χ2n) is 4.91. The van der Waals surface area contributed by atoms with Crippen LogP contribution in [-0.4, -0.2) is 24.5 Å². The first-order chi connectivity index (χ1) is 7.75. The smallest absolute Gasteiger partial charge is 0.0316 e. The van der Waals surface area contributed by atoms with Gasteiger partial charge in [-0.05, 0) is 44.0 Å². The van der Waals surface area contributed by atoms with E-state index in [-0.39, 0.29) is 0 Å². The zero-order valence-electron chi connectivity index (χ0n) is 10.2. The molecule has 1 saturated carbocycles. The van der Waals surface area contributed by atoms with Crippen LogP contribution in [0, 0.1) is 0 Å². The molecule has 1 aliphatic rings. The van der Waals surface area contributed by atoms with E-state index in [0.29, 0.717) is 0 Å². The Morgan fingerprint density at radius 2 is 2.06 bits per heavy atom. The molecule has 2 N–H and O–H groups in total. The van der Waals surface area contributed by atoms with Gasteiger partial charge in [0.25, 0.3) is 0 Å². The molecule has 1 aromatic carbocycles. The predicted molar refractivity (Wildman–Crippen MR) is 69.4 cm³/mol. The molecule has 88 valence electrons. The molecule has 0 aliphatic heterocycles. The molecule has 0 heterocycles. The van der Waals surface area contributed by atoms with Crippen molar-refractivity contribution >= 4 is 5.69 Å². The molecule has 0 amide bonds. The van der Waals surface area contributed by atoms with Gasteiger partial charge in [0.2, 0.25) is 0 Å². The Bertz CT molecular complexity index is 329. The van der Waals surface area contributed by atoms with Crippen molar-refractivity contribution in [1.82, 2.24) is 4.90 Å². The van der Waals surface area contributed by atoms with Crippen LogP contribution in [0.4, 0.5) is 5.69 Å². The average Bonchev–Trinajstić information content (AvgIpc) is 2.79. The van der Waals surface area contributed by atoms with Crippen LogP contribution in [-0.2, 0) is 6.42 Å². The first kappa shape index (κ1) is 11.5. The third-order valence-electron chi connectivity index (χ3n) is 3.65. The zero-order valence-corrected chi connectivity index (χ0v) is 10.2. The van der Waals surface area contributed by atoms with Gasteiger partial charge in [0.05, 0.1) is 0 Å². The monoisotopic (exact) mass is 218 g/mol. The molecule has 0 radical (unpaired) electrons. The highest BCUT2D eigenvalue weighted by molar-refractivity contribution is 5.40. The highest BCUT2D eigenvalue weighted by Crippen LogP contribution is 2.22. The van der Waals surface area contributed by atoms with Crippen molar-refractivity contribution < 1.29 is 0 Å². The Balaban J connectivity index is 1.82. The number of likely N-dealkylation sites (N-methyl/N-ethyl adjacent to an activating group) is 1. The standard InChI is InChI=1S/C14H22N2/c1-16(14-7-2-3-8-14)10-9-12-5-4-6-13(15)11-12/h4-6,11,14H,2-3,7-10,15H2,1H3. The number of hydrogen-bond donors (Lipinski definition) is 1. The fourth-order valence-electron chi connectivity index (χ4n) is 2.58. The van der Waals surface area contributed by atoms with E-state index in [2.05, 4.69) is 24.1 Å². The lowest BCUT2D eigenvalue weighted by Gasteiger charge is -2.23.